The van der Waals surface area contributed by atoms with Crippen LogP contribution in [-0.2, 0) is 23.8 Å². The van der Waals surface area contributed by atoms with Gasteiger partial charge in [-0.05, 0) is 118 Å². The highest BCUT2D eigenvalue weighted by atomic mass is 32.1. The predicted molar refractivity (Wildman–Crippen MR) is 242 cm³/mol. The minimum atomic E-state index is -1.45. The molecular formula is C49H63N3O8S2. The molecule has 4 aliphatic rings. The number of carbonyl (C=O) groups excluding carboxylic acids is 4. The van der Waals surface area contributed by atoms with Gasteiger partial charge in [0.1, 0.15) is 15.4 Å². The summed E-state index contributed by atoms with van der Waals surface area (Å²) in [4.78, 5) is 63.3. The van der Waals surface area contributed by atoms with E-state index in [0.29, 0.717) is 21.9 Å². The molecule has 2 saturated carbocycles. The summed E-state index contributed by atoms with van der Waals surface area (Å²) in [5.41, 5.74) is -2.82. The Morgan fingerprint density at radius 2 is 1.18 bits per heavy atom. The van der Waals surface area contributed by atoms with Crippen molar-refractivity contribution in [1.29, 1.82) is 5.26 Å². The molecular weight excluding hydrogens is 823 g/mol. The van der Waals surface area contributed by atoms with Crippen LogP contribution in [0.25, 0.3) is 0 Å². The molecule has 2 aliphatic heterocycles. The second-order valence-corrected chi connectivity index (χ2v) is 22.0. The van der Waals surface area contributed by atoms with E-state index in [4.69, 9.17) is 14.2 Å². The Bertz CT molecular complexity index is 2170. The van der Waals surface area contributed by atoms with Crippen LogP contribution in [0.1, 0.15) is 168 Å². The highest BCUT2D eigenvalue weighted by Crippen LogP contribution is 2.44. The van der Waals surface area contributed by atoms with Crippen molar-refractivity contribution in [2.75, 3.05) is 29.6 Å². The number of morpholine rings is 2. The van der Waals surface area contributed by atoms with E-state index in [1.54, 1.807) is 35.8 Å². The maximum Gasteiger partial charge on any atom is 0.358 e. The Morgan fingerprint density at radius 3 is 1.58 bits per heavy atom. The molecule has 2 amide bonds. The summed E-state index contributed by atoms with van der Waals surface area (Å²) in [5.74, 6) is 10.5. The molecule has 0 bridgehead atoms. The summed E-state index contributed by atoms with van der Waals surface area (Å²) < 4.78 is 18.4. The van der Waals surface area contributed by atoms with Gasteiger partial charge >= 0.3 is 11.9 Å². The number of amides is 2. The van der Waals surface area contributed by atoms with Gasteiger partial charge in [-0.25, -0.2) is 9.59 Å². The number of hydrogen-bond donors (Lipinski definition) is 1. The van der Waals surface area contributed by atoms with Gasteiger partial charge in [-0.3, -0.25) is 9.59 Å². The quantitative estimate of drug-likeness (QED) is 0.140. The zero-order valence-corrected chi connectivity index (χ0v) is 39.4. The summed E-state index contributed by atoms with van der Waals surface area (Å²) >= 11 is 2.13. The molecule has 2 aromatic heterocycles. The van der Waals surface area contributed by atoms with Crippen molar-refractivity contribution in [2.24, 2.45) is 22.7 Å². The Labute approximate surface area is 375 Å². The minimum Gasteiger partial charge on any atom is -0.396 e. The standard InChI is InChI=1S/C49H63N3O8S2/c1-46(2,3)23-20-34-28-36(51-38(32-16-11-9-12-17-32)30-58-48(7,44(51)56)22-15-27-53)40(61-34)42(54)60-43(55)41-37(29-35(62-41)21-24-47(4,5)6)52-39(33-18-13-10-14-19-33)31-59-49(8,25-26-50)45(52)57/h28-29,32-33,38-39,53H,9-19,22,25,27,30-31H2,1-8H3. The van der Waals surface area contributed by atoms with Gasteiger partial charge in [-0.1, -0.05) is 62.2 Å². The first-order valence-corrected chi connectivity index (χ1v) is 23.9. The second kappa shape index (κ2) is 19.4. The highest BCUT2D eigenvalue weighted by molar-refractivity contribution is 7.15. The van der Waals surface area contributed by atoms with E-state index in [9.17, 15) is 29.5 Å². The number of anilines is 2. The average molecular weight is 886 g/mol. The molecule has 2 aliphatic carbocycles. The smallest absolute Gasteiger partial charge is 0.358 e. The third-order valence-corrected chi connectivity index (χ3v) is 14.4. The summed E-state index contributed by atoms with van der Waals surface area (Å²) in [6, 6.07) is 4.80. The average Bonchev–Trinajstić information content (AvgIpc) is 3.86. The molecule has 4 fully saturated rings. The fraction of sp³-hybridized carbons (Fsp3) is 0.653. The largest absolute Gasteiger partial charge is 0.396 e. The van der Waals surface area contributed by atoms with Gasteiger partial charge in [0.25, 0.3) is 11.8 Å². The van der Waals surface area contributed by atoms with Gasteiger partial charge in [-0.2, -0.15) is 5.26 Å². The molecule has 6 rings (SSSR count). The predicted octanol–water partition coefficient (Wildman–Crippen LogP) is 9.43. The molecule has 4 atom stereocenters. The molecule has 11 nitrogen and oxygen atoms in total. The van der Waals surface area contributed by atoms with E-state index in [1.807, 2.05) is 41.5 Å². The first kappa shape index (κ1) is 47.4. The van der Waals surface area contributed by atoms with Crippen LogP contribution < -0.4 is 9.80 Å². The van der Waals surface area contributed by atoms with Gasteiger partial charge in [-0.15, -0.1) is 22.7 Å². The molecule has 1 N–H and O–H groups in total. The Morgan fingerprint density at radius 1 is 0.758 bits per heavy atom. The van der Waals surface area contributed by atoms with Crippen LogP contribution in [0.15, 0.2) is 12.1 Å². The first-order valence-electron chi connectivity index (χ1n) is 22.3. The van der Waals surface area contributed by atoms with Gasteiger partial charge in [0.2, 0.25) is 0 Å². The normalized spacial score (nSPS) is 25.4. The van der Waals surface area contributed by atoms with Crippen molar-refractivity contribution in [3.8, 4) is 29.8 Å². The van der Waals surface area contributed by atoms with Crippen molar-refractivity contribution >= 4 is 57.8 Å². The molecule has 13 heteroatoms. The lowest BCUT2D eigenvalue weighted by atomic mass is 9.81. The van der Waals surface area contributed by atoms with Gasteiger partial charge < -0.3 is 29.1 Å². The lowest BCUT2D eigenvalue weighted by Crippen LogP contribution is -2.62. The van der Waals surface area contributed by atoms with Crippen molar-refractivity contribution in [1.82, 2.24) is 0 Å². The molecule has 2 saturated heterocycles. The zero-order valence-electron chi connectivity index (χ0n) is 37.7. The van der Waals surface area contributed by atoms with E-state index in [-0.39, 0.29) is 82.7 Å². The third-order valence-electron chi connectivity index (χ3n) is 12.4. The van der Waals surface area contributed by atoms with Crippen molar-refractivity contribution in [3.63, 3.8) is 0 Å². The monoisotopic (exact) mass is 885 g/mol. The third kappa shape index (κ3) is 10.8. The van der Waals surface area contributed by atoms with Crippen LogP contribution >= 0.6 is 22.7 Å². The number of nitrogens with zero attached hydrogens (tertiary/aromatic N) is 3. The number of hydrogen-bond acceptors (Lipinski definition) is 11. The minimum absolute atomic E-state index is 0.0388. The number of ether oxygens (including phenoxy) is 3. The number of carbonyl (C=O) groups is 4. The fourth-order valence-corrected chi connectivity index (χ4v) is 10.8. The molecule has 0 radical (unpaired) electrons. The molecule has 4 heterocycles. The van der Waals surface area contributed by atoms with Crippen LogP contribution in [-0.4, -0.2) is 72.0 Å². The van der Waals surface area contributed by atoms with Gasteiger partial charge in [0.05, 0.1) is 58.9 Å². The fourth-order valence-electron chi connectivity index (χ4n) is 9.01. The lowest BCUT2D eigenvalue weighted by molar-refractivity contribution is -0.154. The Balaban J connectivity index is 1.45. The summed E-state index contributed by atoms with van der Waals surface area (Å²) in [7, 11) is 0. The Kier molecular flexibility index (Phi) is 14.8. The second-order valence-electron chi connectivity index (χ2n) is 19.9. The zero-order chi connectivity index (χ0) is 45.0. The lowest BCUT2D eigenvalue weighted by Gasteiger charge is -2.47. The molecule has 334 valence electrons. The summed E-state index contributed by atoms with van der Waals surface area (Å²) in [5, 5.41) is 19.5. The van der Waals surface area contributed by atoms with Crippen molar-refractivity contribution in [3.05, 3.63) is 31.6 Å². The molecule has 0 aromatic carbocycles. The van der Waals surface area contributed by atoms with Gasteiger partial charge in [0.15, 0.2) is 5.60 Å². The molecule has 0 spiro atoms. The van der Waals surface area contributed by atoms with E-state index in [2.05, 4.69) is 29.8 Å². The number of thiophene rings is 2. The van der Waals surface area contributed by atoms with Crippen LogP contribution in [0.2, 0.25) is 0 Å². The SMILES string of the molecule is CC(C)(C)C#Cc1cc(N2C(=O)C(C)(CC#N)OCC2C2CCCCC2)c(C(=O)OC(=O)c2sc(C#CC(C)(C)C)cc2N2C(=O)C(C)(CCCO)OCC2C2CCCCC2)s1. The molecule has 2 aromatic rings. The Hall–Kier alpha value is -4.03. The number of nitriles is 1. The van der Waals surface area contributed by atoms with E-state index in [0.717, 1.165) is 86.9 Å². The van der Waals surface area contributed by atoms with E-state index < -0.39 is 35.1 Å². The van der Waals surface area contributed by atoms with Crippen LogP contribution in [0.4, 0.5) is 11.4 Å². The summed E-state index contributed by atoms with van der Waals surface area (Å²) in [6.45, 7) is 15.6. The summed E-state index contributed by atoms with van der Waals surface area (Å²) in [6.07, 6.45) is 10.3. The molecule has 4 unspecified atom stereocenters. The number of esters is 2. The van der Waals surface area contributed by atoms with Crippen LogP contribution in [0.5, 0.6) is 0 Å². The van der Waals surface area contributed by atoms with E-state index in [1.165, 1.54) is 0 Å². The topological polar surface area (TPSA) is 146 Å². The van der Waals surface area contributed by atoms with Crippen molar-refractivity contribution < 1.29 is 38.5 Å². The van der Waals surface area contributed by atoms with Crippen molar-refractivity contribution in [2.45, 2.75) is 162 Å². The maximum atomic E-state index is 14.8. The van der Waals surface area contributed by atoms with Crippen LogP contribution in [0, 0.1) is 57.7 Å². The first-order chi connectivity index (χ1) is 29.3. The van der Waals surface area contributed by atoms with E-state index >= 15 is 0 Å². The molecule has 62 heavy (non-hydrogen) atoms. The maximum absolute atomic E-state index is 14.8. The number of aliphatic hydroxyl groups is 1. The van der Waals surface area contributed by atoms with Crippen LogP contribution in [0.3, 0.4) is 0 Å². The number of aliphatic hydroxyl groups excluding tert-OH is 1. The van der Waals surface area contributed by atoms with Gasteiger partial charge in [0, 0.05) is 17.4 Å². The highest BCUT2D eigenvalue weighted by Gasteiger charge is 2.51. The number of rotatable bonds is 10.